The van der Waals surface area contributed by atoms with Crippen molar-refractivity contribution in [3.63, 3.8) is 0 Å². The highest BCUT2D eigenvalue weighted by Gasteiger charge is 2.30. The summed E-state index contributed by atoms with van der Waals surface area (Å²) in [6.07, 6.45) is 0.709. The van der Waals surface area contributed by atoms with Crippen LogP contribution in [0, 0.1) is 5.92 Å². The number of hydrogen-bond donors (Lipinski definition) is 2. The molecule has 1 aromatic heterocycles. The van der Waals surface area contributed by atoms with E-state index in [1.165, 1.54) is 0 Å². The predicted molar refractivity (Wildman–Crippen MR) is 145 cm³/mol. The number of halogens is 1. The monoisotopic (exact) mass is 501 g/mol. The quantitative estimate of drug-likeness (QED) is 0.330. The molecule has 1 aliphatic heterocycles. The molecule has 2 unspecified atom stereocenters. The number of aliphatic hydroxyl groups excluding tert-OH is 1. The Kier molecular flexibility index (Phi) is 7.42. The number of nitrogens with zero attached hydrogens (tertiary/aromatic N) is 2. The number of carbonyl (C=O) groups is 1. The van der Waals surface area contributed by atoms with Gasteiger partial charge in [0.15, 0.2) is 0 Å². The molecule has 0 saturated carbocycles. The number of hydrogen-bond acceptors (Lipinski definition) is 3. The third kappa shape index (κ3) is 5.34. The maximum Gasteiger partial charge on any atom is 0.223 e. The van der Waals surface area contributed by atoms with Crippen LogP contribution in [0.2, 0.25) is 5.02 Å². The molecule has 1 amide bonds. The van der Waals surface area contributed by atoms with Gasteiger partial charge in [0, 0.05) is 41.5 Å². The van der Waals surface area contributed by atoms with Crippen molar-refractivity contribution in [3.05, 3.63) is 107 Å². The summed E-state index contributed by atoms with van der Waals surface area (Å²) >= 11 is 6.08. The maximum atomic E-state index is 12.9. The third-order valence-corrected chi connectivity index (χ3v) is 7.52. The third-order valence-electron chi connectivity index (χ3n) is 7.27. The van der Waals surface area contributed by atoms with Crippen molar-refractivity contribution in [2.75, 3.05) is 13.1 Å². The van der Waals surface area contributed by atoms with Gasteiger partial charge in [-0.25, -0.2) is 0 Å². The fourth-order valence-corrected chi connectivity index (χ4v) is 5.27. The number of rotatable bonds is 7. The van der Waals surface area contributed by atoms with Gasteiger partial charge in [0.1, 0.15) is 6.23 Å². The molecular weight excluding hydrogens is 470 g/mol. The fourth-order valence-electron chi connectivity index (χ4n) is 5.14. The molecule has 1 fully saturated rings. The average Bonchev–Trinajstić information content (AvgIpc) is 3.28. The van der Waals surface area contributed by atoms with Crippen LogP contribution in [0.1, 0.15) is 48.9 Å². The van der Waals surface area contributed by atoms with Crippen LogP contribution in [-0.2, 0) is 11.3 Å². The zero-order valence-electron chi connectivity index (χ0n) is 20.5. The second-order valence-corrected chi connectivity index (χ2v) is 10.1. The molecule has 0 radical (unpaired) electrons. The minimum Gasteiger partial charge on any atom is -0.373 e. The first kappa shape index (κ1) is 24.6. The fraction of sp³-hybridized carbons (Fsp3) is 0.300. The number of nitrogens with one attached hydrogen (secondary N) is 1. The Morgan fingerprint density at radius 2 is 1.67 bits per heavy atom. The Morgan fingerprint density at radius 1 is 1.00 bits per heavy atom. The van der Waals surface area contributed by atoms with Crippen LogP contribution < -0.4 is 5.32 Å². The number of likely N-dealkylation sites (tertiary alicyclic amines) is 1. The van der Waals surface area contributed by atoms with E-state index in [-0.39, 0.29) is 17.9 Å². The number of fused-ring (bicyclic) bond motifs is 1. The van der Waals surface area contributed by atoms with E-state index in [0.717, 1.165) is 40.6 Å². The summed E-state index contributed by atoms with van der Waals surface area (Å²) in [4.78, 5) is 15.0. The molecular formula is C30H32ClN3O2. The zero-order chi connectivity index (χ0) is 25.1. The molecule has 2 heterocycles. The minimum absolute atomic E-state index is 0.0223. The topological polar surface area (TPSA) is 57.5 Å². The van der Waals surface area contributed by atoms with E-state index in [1.807, 2.05) is 73.7 Å². The number of benzene rings is 3. The van der Waals surface area contributed by atoms with E-state index in [4.69, 9.17) is 11.6 Å². The second-order valence-electron chi connectivity index (χ2n) is 9.67. The maximum absolute atomic E-state index is 12.9. The largest absolute Gasteiger partial charge is 0.373 e. The number of amides is 1. The molecule has 5 nitrogen and oxygen atoms in total. The highest BCUT2D eigenvalue weighted by atomic mass is 35.5. The van der Waals surface area contributed by atoms with Crippen molar-refractivity contribution in [2.45, 2.75) is 38.6 Å². The van der Waals surface area contributed by atoms with Crippen LogP contribution in [0.4, 0.5) is 0 Å². The molecule has 1 aliphatic rings. The first-order valence-electron chi connectivity index (χ1n) is 12.6. The number of para-hydroxylation sites is 1. The molecule has 36 heavy (non-hydrogen) atoms. The molecule has 4 aromatic rings. The van der Waals surface area contributed by atoms with Gasteiger partial charge in [0.25, 0.3) is 0 Å². The van der Waals surface area contributed by atoms with Gasteiger partial charge in [-0.1, -0.05) is 72.3 Å². The lowest BCUT2D eigenvalue weighted by Gasteiger charge is -2.35. The van der Waals surface area contributed by atoms with Gasteiger partial charge in [0.05, 0.1) is 11.7 Å². The van der Waals surface area contributed by atoms with Crippen molar-refractivity contribution >= 4 is 28.4 Å². The van der Waals surface area contributed by atoms with Crippen molar-refractivity contribution in [1.82, 2.24) is 14.8 Å². The van der Waals surface area contributed by atoms with E-state index in [0.29, 0.717) is 24.7 Å². The van der Waals surface area contributed by atoms with Crippen LogP contribution >= 0.6 is 11.6 Å². The molecule has 2 N–H and O–H groups in total. The summed E-state index contributed by atoms with van der Waals surface area (Å²) in [7, 11) is 0. The van der Waals surface area contributed by atoms with Crippen LogP contribution in [0.5, 0.6) is 0 Å². The summed E-state index contributed by atoms with van der Waals surface area (Å²) in [6.45, 7) is 4.00. The van der Waals surface area contributed by atoms with Crippen LogP contribution in [-0.4, -0.2) is 33.6 Å². The van der Waals surface area contributed by atoms with Crippen LogP contribution in [0.3, 0.4) is 0 Å². The molecule has 0 bridgehead atoms. The normalized spacial score (nSPS) is 16.6. The van der Waals surface area contributed by atoms with Crippen molar-refractivity contribution < 1.29 is 9.90 Å². The summed E-state index contributed by atoms with van der Waals surface area (Å²) < 4.78 is 2.18. The first-order chi connectivity index (χ1) is 17.5. The van der Waals surface area contributed by atoms with Gasteiger partial charge < -0.3 is 15.0 Å². The Balaban J connectivity index is 1.27. The standard InChI is InChI=1S/C30H32ClN3O2/c1-21(23-7-3-2-4-8-23)32-29(35)24-15-17-33(18-16-24)30(36)28-19-25-9-5-6-10-27(25)34(28)20-22-11-13-26(31)14-12-22/h2-14,19,21,24,30,36H,15-18,20H2,1H3,(H,32,35). The molecule has 2 atom stereocenters. The Hall–Kier alpha value is -3.12. The first-order valence-corrected chi connectivity index (χ1v) is 13.0. The number of aromatic nitrogens is 1. The van der Waals surface area contributed by atoms with Crippen LogP contribution in [0.15, 0.2) is 84.9 Å². The zero-order valence-corrected chi connectivity index (χ0v) is 21.2. The summed E-state index contributed by atoms with van der Waals surface area (Å²) in [6, 6.07) is 28.1. The van der Waals surface area contributed by atoms with Gasteiger partial charge in [-0.3, -0.25) is 9.69 Å². The Morgan fingerprint density at radius 3 is 2.39 bits per heavy atom. The number of carbonyl (C=O) groups excluding carboxylic acids is 1. The smallest absolute Gasteiger partial charge is 0.223 e. The van der Waals surface area contributed by atoms with E-state index >= 15 is 0 Å². The minimum atomic E-state index is -0.739. The lowest BCUT2D eigenvalue weighted by Crippen LogP contribution is -2.42. The molecule has 3 aromatic carbocycles. The van der Waals surface area contributed by atoms with E-state index < -0.39 is 6.23 Å². The molecule has 186 valence electrons. The molecule has 1 saturated heterocycles. The van der Waals surface area contributed by atoms with E-state index in [1.54, 1.807) is 0 Å². The summed E-state index contributed by atoms with van der Waals surface area (Å²) in [5.41, 5.74) is 4.18. The molecule has 0 spiro atoms. The van der Waals surface area contributed by atoms with E-state index in [2.05, 4.69) is 33.0 Å². The lowest BCUT2D eigenvalue weighted by atomic mass is 9.94. The Bertz CT molecular complexity index is 1310. The highest BCUT2D eigenvalue weighted by molar-refractivity contribution is 6.30. The Labute approximate surface area is 217 Å². The summed E-state index contributed by atoms with van der Waals surface area (Å²) in [5.74, 6) is 0.0527. The SMILES string of the molecule is CC(NC(=O)C1CCN(C(O)c2cc3ccccc3n2Cc2ccc(Cl)cc2)CC1)c1ccccc1. The predicted octanol–water partition coefficient (Wildman–Crippen LogP) is 5.92. The highest BCUT2D eigenvalue weighted by Crippen LogP contribution is 2.31. The molecule has 0 aliphatic carbocycles. The van der Waals surface area contributed by atoms with Gasteiger partial charge in [-0.05, 0) is 55.2 Å². The van der Waals surface area contributed by atoms with E-state index in [9.17, 15) is 9.90 Å². The number of aliphatic hydroxyl groups is 1. The van der Waals surface area contributed by atoms with Gasteiger partial charge in [-0.15, -0.1) is 0 Å². The van der Waals surface area contributed by atoms with Crippen molar-refractivity contribution in [1.29, 1.82) is 0 Å². The molecule has 5 rings (SSSR count). The van der Waals surface area contributed by atoms with Gasteiger partial charge in [0.2, 0.25) is 5.91 Å². The lowest BCUT2D eigenvalue weighted by molar-refractivity contribution is -0.128. The van der Waals surface area contributed by atoms with Gasteiger partial charge >= 0.3 is 0 Å². The second kappa shape index (κ2) is 10.9. The van der Waals surface area contributed by atoms with Crippen LogP contribution in [0.25, 0.3) is 10.9 Å². The van der Waals surface area contributed by atoms with Crippen molar-refractivity contribution in [3.8, 4) is 0 Å². The number of piperidine rings is 1. The molecule has 6 heteroatoms. The average molecular weight is 502 g/mol. The van der Waals surface area contributed by atoms with Gasteiger partial charge in [-0.2, -0.15) is 0 Å². The summed E-state index contributed by atoms with van der Waals surface area (Å²) in [5, 5.41) is 16.4. The van der Waals surface area contributed by atoms with Crippen molar-refractivity contribution in [2.24, 2.45) is 5.92 Å².